The Kier molecular flexibility index (Phi) is 3.64. The fourth-order valence-electron chi connectivity index (χ4n) is 2.29. The molecular formula is C14H16F2O2. The van der Waals surface area contributed by atoms with Gasteiger partial charge in [0.15, 0.2) is 5.78 Å². The zero-order valence-electron chi connectivity index (χ0n) is 10.3. The van der Waals surface area contributed by atoms with Gasteiger partial charge in [0.2, 0.25) is 5.92 Å². The molecule has 1 aromatic rings. The fraction of sp³-hybridized carbons (Fsp3) is 0.500. The average Bonchev–Trinajstić information content (AvgIpc) is 2.38. The van der Waals surface area contributed by atoms with Crippen LogP contribution in [-0.2, 0) is 0 Å². The minimum absolute atomic E-state index is 0.0341. The number of methoxy groups -OCH3 is 1. The zero-order chi connectivity index (χ0) is 13.2. The van der Waals surface area contributed by atoms with Crippen LogP contribution in [0.25, 0.3) is 0 Å². The number of hydrogen-bond donors (Lipinski definition) is 0. The quantitative estimate of drug-likeness (QED) is 0.769. The maximum Gasteiger partial charge on any atom is 0.248 e. The summed E-state index contributed by atoms with van der Waals surface area (Å²) in [5.74, 6) is -2.20. The molecule has 0 radical (unpaired) electrons. The lowest BCUT2D eigenvalue weighted by atomic mass is 9.82. The van der Waals surface area contributed by atoms with Gasteiger partial charge in [0.1, 0.15) is 5.75 Å². The van der Waals surface area contributed by atoms with E-state index in [1.54, 1.807) is 31.4 Å². The van der Waals surface area contributed by atoms with E-state index in [2.05, 4.69) is 0 Å². The Morgan fingerprint density at radius 2 is 1.78 bits per heavy atom. The molecule has 4 heteroatoms. The smallest absolute Gasteiger partial charge is 0.248 e. The summed E-state index contributed by atoms with van der Waals surface area (Å²) in [5, 5.41) is 0. The molecule has 0 bridgehead atoms. The minimum atomic E-state index is -2.59. The summed E-state index contributed by atoms with van der Waals surface area (Å²) < 4.78 is 31.0. The number of carbonyl (C=O) groups is 1. The van der Waals surface area contributed by atoms with Crippen molar-refractivity contribution in [3.63, 3.8) is 0 Å². The normalized spacial score (nSPS) is 19.5. The first-order valence-electron chi connectivity index (χ1n) is 6.08. The third kappa shape index (κ3) is 2.86. The molecule has 1 aliphatic carbocycles. The van der Waals surface area contributed by atoms with E-state index in [-0.39, 0.29) is 37.4 Å². The Bertz CT molecular complexity index is 416. The molecule has 0 amide bonds. The third-order valence-corrected chi connectivity index (χ3v) is 3.46. The Morgan fingerprint density at radius 1 is 1.22 bits per heavy atom. The van der Waals surface area contributed by atoms with Crippen LogP contribution in [0.2, 0.25) is 0 Å². The van der Waals surface area contributed by atoms with Crippen LogP contribution in [0.1, 0.15) is 36.0 Å². The highest BCUT2D eigenvalue weighted by Gasteiger charge is 2.37. The Labute approximate surface area is 105 Å². The van der Waals surface area contributed by atoms with Gasteiger partial charge in [-0.25, -0.2) is 8.78 Å². The van der Waals surface area contributed by atoms with E-state index >= 15 is 0 Å². The van der Waals surface area contributed by atoms with Gasteiger partial charge in [-0.15, -0.1) is 0 Å². The van der Waals surface area contributed by atoms with Gasteiger partial charge < -0.3 is 4.74 Å². The van der Waals surface area contributed by atoms with Crippen LogP contribution in [0.3, 0.4) is 0 Å². The van der Waals surface area contributed by atoms with Crippen LogP contribution in [0.5, 0.6) is 5.75 Å². The summed E-state index contributed by atoms with van der Waals surface area (Å²) in [7, 11) is 1.56. The lowest BCUT2D eigenvalue weighted by Gasteiger charge is -2.27. The van der Waals surface area contributed by atoms with Gasteiger partial charge in [0, 0.05) is 24.3 Å². The molecule has 98 valence electrons. The first-order valence-corrected chi connectivity index (χ1v) is 6.08. The zero-order valence-corrected chi connectivity index (χ0v) is 10.3. The van der Waals surface area contributed by atoms with Crippen molar-refractivity contribution in [2.75, 3.05) is 7.11 Å². The Balaban J connectivity index is 2.03. The first kappa shape index (κ1) is 13.0. The summed E-state index contributed by atoms with van der Waals surface area (Å²) in [4.78, 5) is 12.1. The van der Waals surface area contributed by atoms with Crippen LogP contribution >= 0.6 is 0 Å². The summed E-state index contributed by atoms with van der Waals surface area (Å²) in [6.07, 6.45) is 0.189. The molecule has 2 nitrogen and oxygen atoms in total. The molecule has 0 atom stereocenters. The SMILES string of the molecule is COc1ccc(C(=O)C2CCC(F)(F)CC2)cc1. The standard InChI is InChI=1S/C14H16F2O2/c1-18-12-4-2-10(3-5-12)13(17)11-6-8-14(15,16)9-7-11/h2-5,11H,6-9H2,1H3. The number of benzene rings is 1. The number of rotatable bonds is 3. The molecule has 0 aromatic heterocycles. The molecule has 0 aliphatic heterocycles. The lowest BCUT2D eigenvalue weighted by Crippen LogP contribution is -2.28. The second kappa shape index (κ2) is 5.04. The Hall–Kier alpha value is -1.45. The predicted molar refractivity (Wildman–Crippen MR) is 64.2 cm³/mol. The predicted octanol–water partition coefficient (Wildman–Crippen LogP) is 3.70. The second-order valence-corrected chi connectivity index (χ2v) is 4.72. The summed E-state index contributed by atoms with van der Waals surface area (Å²) in [5.41, 5.74) is 0.575. The summed E-state index contributed by atoms with van der Waals surface area (Å²) >= 11 is 0. The molecule has 0 spiro atoms. The molecule has 1 fully saturated rings. The number of carbonyl (C=O) groups excluding carboxylic acids is 1. The molecule has 18 heavy (non-hydrogen) atoms. The number of ketones is 1. The van der Waals surface area contributed by atoms with Crippen LogP contribution < -0.4 is 4.74 Å². The van der Waals surface area contributed by atoms with Crippen molar-refractivity contribution in [3.8, 4) is 5.75 Å². The van der Waals surface area contributed by atoms with Gasteiger partial charge in [-0.05, 0) is 37.1 Å². The molecule has 1 aliphatic rings. The largest absolute Gasteiger partial charge is 0.497 e. The molecule has 0 heterocycles. The summed E-state index contributed by atoms with van der Waals surface area (Å²) in [6, 6.07) is 6.80. The topological polar surface area (TPSA) is 26.3 Å². The van der Waals surface area contributed by atoms with Crippen LogP contribution in [0.15, 0.2) is 24.3 Å². The van der Waals surface area contributed by atoms with E-state index in [0.717, 1.165) is 0 Å². The van der Waals surface area contributed by atoms with Gasteiger partial charge >= 0.3 is 0 Å². The van der Waals surface area contributed by atoms with Crippen LogP contribution in [0.4, 0.5) is 8.78 Å². The van der Waals surface area contributed by atoms with E-state index in [1.165, 1.54) is 0 Å². The van der Waals surface area contributed by atoms with Crippen molar-refractivity contribution in [2.24, 2.45) is 5.92 Å². The Morgan fingerprint density at radius 3 is 2.28 bits per heavy atom. The van der Waals surface area contributed by atoms with E-state index in [1.807, 2.05) is 0 Å². The maximum atomic E-state index is 13.0. The van der Waals surface area contributed by atoms with E-state index in [0.29, 0.717) is 11.3 Å². The molecule has 0 unspecified atom stereocenters. The van der Waals surface area contributed by atoms with Crippen molar-refractivity contribution < 1.29 is 18.3 Å². The van der Waals surface area contributed by atoms with Crippen LogP contribution in [-0.4, -0.2) is 18.8 Å². The monoisotopic (exact) mass is 254 g/mol. The minimum Gasteiger partial charge on any atom is -0.497 e. The van der Waals surface area contributed by atoms with Crippen LogP contribution in [0, 0.1) is 5.92 Å². The van der Waals surface area contributed by atoms with Crippen molar-refractivity contribution in [1.82, 2.24) is 0 Å². The molecular weight excluding hydrogens is 238 g/mol. The molecule has 2 rings (SSSR count). The molecule has 0 N–H and O–H groups in total. The highest BCUT2D eigenvalue weighted by molar-refractivity contribution is 5.98. The number of halogens is 2. The maximum absolute atomic E-state index is 13.0. The summed E-state index contributed by atoms with van der Waals surface area (Å²) in [6.45, 7) is 0. The lowest BCUT2D eigenvalue weighted by molar-refractivity contribution is -0.0424. The second-order valence-electron chi connectivity index (χ2n) is 4.72. The van der Waals surface area contributed by atoms with Crippen molar-refractivity contribution in [1.29, 1.82) is 0 Å². The van der Waals surface area contributed by atoms with Gasteiger partial charge in [0.05, 0.1) is 7.11 Å². The van der Waals surface area contributed by atoms with Gasteiger partial charge in [-0.2, -0.15) is 0 Å². The van der Waals surface area contributed by atoms with Gasteiger partial charge in [0.25, 0.3) is 0 Å². The number of hydrogen-bond acceptors (Lipinski definition) is 2. The van der Waals surface area contributed by atoms with Crippen molar-refractivity contribution in [3.05, 3.63) is 29.8 Å². The van der Waals surface area contributed by atoms with E-state index in [4.69, 9.17) is 4.74 Å². The molecule has 1 aromatic carbocycles. The molecule has 1 saturated carbocycles. The number of ether oxygens (including phenoxy) is 1. The third-order valence-electron chi connectivity index (χ3n) is 3.46. The van der Waals surface area contributed by atoms with Crippen molar-refractivity contribution in [2.45, 2.75) is 31.6 Å². The molecule has 0 saturated heterocycles. The highest BCUT2D eigenvalue weighted by atomic mass is 19.3. The van der Waals surface area contributed by atoms with Gasteiger partial charge in [-0.3, -0.25) is 4.79 Å². The van der Waals surface area contributed by atoms with E-state index in [9.17, 15) is 13.6 Å². The number of Topliss-reactive ketones (excluding diaryl/α,β-unsaturated/α-hetero) is 1. The van der Waals surface area contributed by atoms with E-state index < -0.39 is 5.92 Å². The average molecular weight is 254 g/mol. The first-order chi connectivity index (χ1) is 8.52. The van der Waals surface area contributed by atoms with Crippen molar-refractivity contribution >= 4 is 5.78 Å². The number of alkyl halides is 2. The highest BCUT2D eigenvalue weighted by Crippen LogP contribution is 2.37. The van der Waals surface area contributed by atoms with Gasteiger partial charge in [-0.1, -0.05) is 0 Å². The fourth-order valence-corrected chi connectivity index (χ4v) is 2.29.